The van der Waals surface area contributed by atoms with Gasteiger partial charge in [0.05, 0.1) is 11.4 Å². The van der Waals surface area contributed by atoms with Crippen molar-refractivity contribution in [3.8, 4) is 5.69 Å². The first-order valence-electron chi connectivity index (χ1n) is 7.03. The maximum atomic E-state index is 4.61. The van der Waals surface area contributed by atoms with Crippen LogP contribution in [0.15, 0.2) is 30.3 Å². The zero-order valence-corrected chi connectivity index (χ0v) is 12.3. The van der Waals surface area contributed by atoms with E-state index >= 15 is 0 Å². The number of aryl methyl sites for hydroxylation is 2. The summed E-state index contributed by atoms with van der Waals surface area (Å²) in [6, 6.07) is 11.0. The summed E-state index contributed by atoms with van der Waals surface area (Å²) in [5.74, 6) is 0. The molecule has 0 aliphatic carbocycles. The lowest BCUT2D eigenvalue weighted by molar-refractivity contribution is 0.533. The molecule has 2 aromatic rings. The highest BCUT2D eigenvalue weighted by Crippen LogP contribution is 2.24. The van der Waals surface area contributed by atoms with Gasteiger partial charge in [0.15, 0.2) is 0 Å². The molecule has 2 rings (SSSR count). The topological polar surface area (TPSA) is 29.9 Å². The van der Waals surface area contributed by atoms with Gasteiger partial charge in [-0.3, -0.25) is 0 Å². The van der Waals surface area contributed by atoms with Crippen LogP contribution in [0.3, 0.4) is 0 Å². The van der Waals surface area contributed by atoms with E-state index in [1.54, 1.807) is 0 Å². The summed E-state index contributed by atoms with van der Waals surface area (Å²) >= 11 is 0. The first-order chi connectivity index (χ1) is 9.17. The Morgan fingerprint density at radius 3 is 2.53 bits per heavy atom. The van der Waals surface area contributed by atoms with Gasteiger partial charge in [0.2, 0.25) is 0 Å². The average Bonchev–Trinajstić information content (AvgIpc) is 2.75. The van der Waals surface area contributed by atoms with Crippen molar-refractivity contribution >= 4 is 0 Å². The summed E-state index contributed by atoms with van der Waals surface area (Å²) in [5, 5.41) is 8.15. The number of nitrogens with one attached hydrogen (secondary N) is 1. The van der Waals surface area contributed by atoms with Crippen LogP contribution in [0.1, 0.15) is 43.3 Å². The van der Waals surface area contributed by atoms with E-state index in [9.17, 15) is 0 Å². The average molecular weight is 257 g/mol. The number of aromatic nitrogens is 2. The van der Waals surface area contributed by atoms with Crippen molar-refractivity contribution in [2.75, 3.05) is 6.54 Å². The molecule has 1 atom stereocenters. The molecule has 1 heterocycles. The third-order valence-electron chi connectivity index (χ3n) is 3.41. The molecule has 1 aromatic carbocycles. The molecule has 0 spiro atoms. The number of nitrogens with zero attached hydrogens (tertiary/aromatic N) is 2. The molecule has 0 aliphatic rings. The van der Waals surface area contributed by atoms with Gasteiger partial charge in [-0.15, -0.1) is 0 Å². The summed E-state index contributed by atoms with van der Waals surface area (Å²) in [4.78, 5) is 0. The van der Waals surface area contributed by atoms with Crippen LogP contribution in [0.4, 0.5) is 0 Å². The van der Waals surface area contributed by atoms with Crippen LogP contribution < -0.4 is 5.32 Å². The van der Waals surface area contributed by atoms with Crippen LogP contribution in [0.25, 0.3) is 5.69 Å². The van der Waals surface area contributed by atoms with Gasteiger partial charge >= 0.3 is 0 Å². The molecule has 3 nitrogen and oxygen atoms in total. The lowest BCUT2D eigenvalue weighted by Crippen LogP contribution is -2.22. The Labute approximate surface area is 115 Å². The number of benzene rings is 1. The summed E-state index contributed by atoms with van der Waals surface area (Å²) in [6.45, 7) is 9.47. The van der Waals surface area contributed by atoms with Crippen molar-refractivity contribution in [2.45, 2.75) is 40.2 Å². The zero-order valence-electron chi connectivity index (χ0n) is 12.3. The molecule has 102 valence electrons. The standard InChI is InChI=1S/C16H23N3/c1-5-15(17-6-2)14-9-7-8-10-16(14)19-13(4)11-12(3)18-19/h7-11,15,17H,5-6H2,1-4H3. The largest absolute Gasteiger partial charge is 0.310 e. The van der Waals surface area contributed by atoms with Gasteiger partial charge in [0, 0.05) is 11.7 Å². The van der Waals surface area contributed by atoms with Crippen molar-refractivity contribution in [3.05, 3.63) is 47.3 Å². The van der Waals surface area contributed by atoms with E-state index in [1.165, 1.54) is 16.9 Å². The summed E-state index contributed by atoms with van der Waals surface area (Å²) in [5.41, 5.74) is 4.74. The van der Waals surface area contributed by atoms with Gasteiger partial charge in [0.1, 0.15) is 0 Å². The summed E-state index contributed by atoms with van der Waals surface area (Å²) in [6.07, 6.45) is 1.07. The Morgan fingerprint density at radius 1 is 1.21 bits per heavy atom. The fraction of sp³-hybridized carbons (Fsp3) is 0.438. The van der Waals surface area contributed by atoms with E-state index in [0.29, 0.717) is 6.04 Å². The summed E-state index contributed by atoms with van der Waals surface area (Å²) in [7, 11) is 0. The molecule has 0 amide bonds. The number of rotatable bonds is 5. The second-order valence-electron chi connectivity index (χ2n) is 4.92. The van der Waals surface area contributed by atoms with Crippen LogP contribution >= 0.6 is 0 Å². The SMILES string of the molecule is CCNC(CC)c1ccccc1-n1nc(C)cc1C. The molecule has 0 radical (unpaired) electrons. The molecule has 0 aliphatic heterocycles. The van der Waals surface area contributed by atoms with E-state index in [2.05, 4.69) is 61.5 Å². The molecule has 0 saturated heterocycles. The van der Waals surface area contributed by atoms with Crippen molar-refractivity contribution in [1.29, 1.82) is 0 Å². The Kier molecular flexibility index (Phi) is 4.38. The van der Waals surface area contributed by atoms with Crippen molar-refractivity contribution < 1.29 is 0 Å². The van der Waals surface area contributed by atoms with Crippen molar-refractivity contribution in [1.82, 2.24) is 15.1 Å². The lowest BCUT2D eigenvalue weighted by atomic mass is 10.0. The van der Waals surface area contributed by atoms with Crippen LogP contribution in [0, 0.1) is 13.8 Å². The first kappa shape index (κ1) is 13.8. The number of hydrogen-bond donors (Lipinski definition) is 1. The van der Waals surface area contributed by atoms with Gasteiger partial charge in [0.25, 0.3) is 0 Å². The molecule has 1 unspecified atom stereocenters. The highest BCUT2D eigenvalue weighted by molar-refractivity contribution is 5.43. The Hall–Kier alpha value is -1.61. The zero-order chi connectivity index (χ0) is 13.8. The minimum absolute atomic E-state index is 0.380. The van der Waals surface area contributed by atoms with Gasteiger partial charge in [-0.05, 0) is 44.5 Å². The Balaban J connectivity index is 2.49. The third kappa shape index (κ3) is 2.87. The highest BCUT2D eigenvalue weighted by atomic mass is 15.3. The number of hydrogen-bond acceptors (Lipinski definition) is 2. The monoisotopic (exact) mass is 257 g/mol. The normalized spacial score (nSPS) is 12.6. The highest BCUT2D eigenvalue weighted by Gasteiger charge is 2.15. The van der Waals surface area contributed by atoms with E-state index in [-0.39, 0.29) is 0 Å². The minimum Gasteiger partial charge on any atom is -0.310 e. The molecule has 3 heteroatoms. The van der Waals surface area contributed by atoms with Crippen LogP contribution in [0.2, 0.25) is 0 Å². The second-order valence-corrected chi connectivity index (χ2v) is 4.92. The van der Waals surface area contributed by atoms with Gasteiger partial charge < -0.3 is 5.32 Å². The van der Waals surface area contributed by atoms with Crippen molar-refractivity contribution in [2.24, 2.45) is 0 Å². The second kappa shape index (κ2) is 6.02. The molecular formula is C16H23N3. The molecule has 1 aromatic heterocycles. The van der Waals surface area contributed by atoms with Crippen molar-refractivity contribution in [3.63, 3.8) is 0 Å². The fourth-order valence-corrected chi connectivity index (χ4v) is 2.57. The quantitative estimate of drug-likeness (QED) is 0.887. The van der Waals surface area contributed by atoms with E-state index in [1.807, 2.05) is 11.6 Å². The van der Waals surface area contributed by atoms with Crippen LogP contribution in [-0.2, 0) is 0 Å². The maximum absolute atomic E-state index is 4.61. The van der Waals surface area contributed by atoms with Crippen LogP contribution in [-0.4, -0.2) is 16.3 Å². The predicted molar refractivity (Wildman–Crippen MR) is 79.7 cm³/mol. The smallest absolute Gasteiger partial charge is 0.0696 e. The molecule has 1 N–H and O–H groups in total. The maximum Gasteiger partial charge on any atom is 0.0696 e. The lowest BCUT2D eigenvalue weighted by Gasteiger charge is -2.20. The molecule has 0 fully saturated rings. The fourth-order valence-electron chi connectivity index (χ4n) is 2.57. The molecular weight excluding hydrogens is 234 g/mol. The Bertz CT molecular complexity index is 543. The first-order valence-corrected chi connectivity index (χ1v) is 7.03. The minimum atomic E-state index is 0.380. The van der Waals surface area contributed by atoms with E-state index in [0.717, 1.165) is 18.7 Å². The summed E-state index contributed by atoms with van der Waals surface area (Å²) < 4.78 is 2.05. The molecule has 0 saturated carbocycles. The van der Waals surface area contributed by atoms with Crippen LogP contribution in [0.5, 0.6) is 0 Å². The predicted octanol–water partition coefficient (Wildman–Crippen LogP) is 3.55. The van der Waals surface area contributed by atoms with Gasteiger partial charge in [-0.1, -0.05) is 32.0 Å². The third-order valence-corrected chi connectivity index (χ3v) is 3.41. The van der Waals surface area contributed by atoms with Gasteiger partial charge in [-0.25, -0.2) is 4.68 Å². The molecule has 0 bridgehead atoms. The Morgan fingerprint density at radius 2 is 1.95 bits per heavy atom. The number of para-hydroxylation sites is 1. The van der Waals surface area contributed by atoms with E-state index in [4.69, 9.17) is 0 Å². The van der Waals surface area contributed by atoms with E-state index < -0.39 is 0 Å². The van der Waals surface area contributed by atoms with Gasteiger partial charge in [-0.2, -0.15) is 5.10 Å². The molecule has 19 heavy (non-hydrogen) atoms.